The van der Waals surface area contributed by atoms with Gasteiger partial charge in [-0.05, 0) is 18.6 Å². The van der Waals surface area contributed by atoms with E-state index in [2.05, 4.69) is 5.32 Å². The molecule has 6 heteroatoms. The molecule has 0 aliphatic carbocycles. The molecule has 1 aromatic rings. The van der Waals surface area contributed by atoms with Crippen LogP contribution in [0.3, 0.4) is 0 Å². The predicted octanol–water partition coefficient (Wildman–Crippen LogP) is 0.520. The van der Waals surface area contributed by atoms with Gasteiger partial charge in [-0.3, -0.25) is 14.5 Å². The van der Waals surface area contributed by atoms with Crippen LogP contribution in [0.4, 0.5) is 11.4 Å². The second-order valence-electron chi connectivity index (χ2n) is 4.31. The van der Waals surface area contributed by atoms with Crippen molar-refractivity contribution in [2.24, 2.45) is 0 Å². The Balaban J connectivity index is 2.21. The van der Waals surface area contributed by atoms with Crippen LogP contribution in [0.5, 0.6) is 5.75 Å². The topological polar surface area (TPSA) is 84.7 Å². The van der Waals surface area contributed by atoms with Crippen LogP contribution in [0.15, 0.2) is 18.2 Å². The lowest BCUT2D eigenvalue weighted by molar-refractivity contribution is -0.125. The number of hydrogen-bond donors (Lipinski definition) is 2. The number of carbonyl (C=O) groups is 2. The summed E-state index contributed by atoms with van der Waals surface area (Å²) in [7, 11) is 0. The van der Waals surface area contributed by atoms with Gasteiger partial charge in [0.05, 0.1) is 5.69 Å². The minimum Gasteiger partial charge on any atom is -0.481 e. The number of ether oxygens (including phenoxy) is 1. The Morgan fingerprint density at radius 2 is 2.32 bits per heavy atom. The number of anilines is 2. The van der Waals surface area contributed by atoms with Crippen LogP contribution < -0.4 is 20.7 Å². The van der Waals surface area contributed by atoms with E-state index in [0.717, 1.165) is 6.42 Å². The molecule has 0 unspecified atom stereocenters. The van der Waals surface area contributed by atoms with E-state index >= 15 is 0 Å². The summed E-state index contributed by atoms with van der Waals surface area (Å²) in [5.74, 6) is 0.0613. The van der Waals surface area contributed by atoms with E-state index in [1.165, 1.54) is 4.90 Å². The van der Waals surface area contributed by atoms with Crippen LogP contribution >= 0.6 is 0 Å². The smallest absolute Gasteiger partial charge is 0.265 e. The van der Waals surface area contributed by atoms with Gasteiger partial charge in [0.25, 0.3) is 5.91 Å². The van der Waals surface area contributed by atoms with Crippen LogP contribution in [0.25, 0.3) is 0 Å². The highest BCUT2D eigenvalue weighted by atomic mass is 16.5. The number of rotatable bonds is 4. The maximum Gasteiger partial charge on any atom is 0.265 e. The zero-order valence-electron chi connectivity index (χ0n) is 10.8. The van der Waals surface area contributed by atoms with E-state index in [1.807, 2.05) is 6.92 Å². The molecule has 2 amide bonds. The standard InChI is InChI=1S/C13H17N3O3/c1-2-6-15-11(17)7-16-12(18)8-19-10-5-3-4-9(14)13(10)16/h3-5H,2,6-8,14H2,1H3,(H,15,17). The molecule has 0 bridgehead atoms. The fourth-order valence-corrected chi connectivity index (χ4v) is 1.92. The zero-order chi connectivity index (χ0) is 13.8. The summed E-state index contributed by atoms with van der Waals surface area (Å²) in [6, 6.07) is 5.16. The van der Waals surface area contributed by atoms with Gasteiger partial charge in [-0.15, -0.1) is 0 Å². The highest BCUT2D eigenvalue weighted by Crippen LogP contribution is 2.36. The van der Waals surface area contributed by atoms with Gasteiger partial charge in [-0.25, -0.2) is 0 Å². The van der Waals surface area contributed by atoms with Crippen LogP contribution in [-0.2, 0) is 9.59 Å². The molecule has 2 rings (SSSR count). The fourth-order valence-electron chi connectivity index (χ4n) is 1.92. The zero-order valence-corrected chi connectivity index (χ0v) is 10.8. The average molecular weight is 263 g/mol. The summed E-state index contributed by atoms with van der Waals surface area (Å²) < 4.78 is 5.31. The summed E-state index contributed by atoms with van der Waals surface area (Å²) in [6.07, 6.45) is 0.849. The van der Waals surface area contributed by atoms with E-state index in [1.54, 1.807) is 18.2 Å². The monoisotopic (exact) mass is 263 g/mol. The third-order valence-electron chi connectivity index (χ3n) is 2.83. The highest BCUT2D eigenvalue weighted by molar-refractivity contribution is 6.04. The van der Waals surface area contributed by atoms with Gasteiger partial charge < -0.3 is 15.8 Å². The average Bonchev–Trinajstić information content (AvgIpc) is 2.40. The first kappa shape index (κ1) is 13.2. The minimum atomic E-state index is -0.267. The van der Waals surface area contributed by atoms with Gasteiger partial charge in [0.1, 0.15) is 18.0 Å². The number of para-hydroxylation sites is 1. The molecule has 102 valence electrons. The number of nitrogens with two attached hydrogens (primary N) is 1. The predicted molar refractivity (Wildman–Crippen MR) is 72.0 cm³/mol. The lowest BCUT2D eigenvalue weighted by atomic mass is 10.2. The molecule has 0 fully saturated rings. The lowest BCUT2D eigenvalue weighted by Gasteiger charge is -2.29. The van der Waals surface area contributed by atoms with Gasteiger partial charge in [-0.2, -0.15) is 0 Å². The Bertz CT molecular complexity index is 502. The Labute approximate surface area is 111 Å². The Morgan fingerprint density at radius 3 is 3.05 bits per heavy atom. The molecule has 0 aromatic heterocycles. The maximum atomic E-state index is 11.9. The van der Waals surface area contributed by atoms with Gasteiger partial charge in [0.2, 0.25) is 5.91 Å². The van der Waals surface area contributed by atoms with Crippen molar-refractivity contribution in [1.82, 2.24) is 5.32 Å². The Kier molecular flexibility index (Phi) is 3.89. The number of hydrogen-bond acceptors (Lipinski definition) is 4. The normalized spacial score (nSPS) is 13.7. The first-order valence-electron chi connectivity index (χ1n) is 6.21. The Hall–Kier alpha value is -2.24. The molecule has 1 aromatic carbocycles. The molecule has 0 radical (unpaired) electrons. The third-order valence-corrected chi connectivity index (χ3v) is 2.83. The quantitative estimate of drug-likeness (QED) is 0.776. The molecule has 6 nitrogen and oxygen atoms in total. The molecule has 1 heterocycles. The van der Waals surface area contributed by atoms with E-state index in [0.29, 0.717) is 23.7 Å². The SMILES string of the molecule is CCCNC(=O)CN1C(=O)COc2cccc(N)c21. The van der Waals surface area contributed by atoms with Crippen LogP contribution in [-0.4, -0.2) is 31.5 Å². The van der Waals surface area contributed by atoms with Crippen molar-refractivity contribution >= 4 is 23.2 Å². The van der Waals surface area contributed by atoms with E-state index in [9.17, 15) is 9.59 Å². The number of amides is 2. The van der Waals surface area contributed by atoms with Crippen molar-refractivity contribution in [2.45, 2.75) is 13.3 Å². The molecule has 0 saturated carbocycles. The van der Waals surface area contributed by atoms with Crippen molar-refractivity contribution in [3.05, 3.63) is 18.2 Å². The van der Waals surface area contributed by atoms with Crippen molar-refractivity contribution in [3.63, 3.8) is 0 Å². The third kappa shape index (κ3) is 2.78. The first-order valence-corrected chi connectivity index (χ1v) is 6.21. The molecule has 1 aliphatic rings. The summed E-state index contributed by atoms with van der Waals surface area (Å²) in [5, 5.41) is 2.74. The van der Waals surface area contributed by atoms with E-state index in [-0.39, 0.29) is 25.0 Å². The van der Waals surface area contributed by atoms with Gasteiger partial charge in [0, 0.05) is 6.54 Å². The second-order valence-corrected chi connectivity index (χ2v) is 4.31. The van der Waals surface area contributed by atoms with Gasteiger partial charge in [-0.1, -0.05) is 13.0 Å². The molecule has 1 aliphatic heterocycles. The first-order chi connectivity index (χ1) is 9.13. The largest absolute Gasteiger partial charge is 0.481 e. The fraction of sp³-hybridized carbons (Fsp3) is 0.385. The summed E-state index contributed by atoms with van der Waals surface area (Å²) in [6.45, 7) is 2.45. The maximum absolute atomic E-state index is 11.9. The molecule has 0 spiro atoms. The summed E-state index contributed by atoms with van der Waals surface area (Å²) in [4.78, 5) is 25.0. The van der Waals surface area contributed by atoms with Crippen LogP contribution in [0.1, 0.15) is 13.3 Å². The molecular formula is C13H17N3O3. The Morgan fingerprint density at radius 1 is 1.53 bits per heavy atom. The number of carbonyl (C=O) groups excluding carboxylic acids is 2. The molecule has 0 atom stereocenters. The van der Waals surface area contributed by atoms with Crippen molar-refractivity contribution in [2.75, 3.05) is 30.3 Å². The molecule has 0 saturated heterocycles. The molecular weight excluding hydrogens is 246 g/mol. The second kappa shape index (κ2) is 5.60. The summed E-state index contributed by atoms with van der Waals surface area (Å²) >= 11 is 0. The van der Waals surface area contributed by atoms with E-state index in [4.69, 9.17) is 10.5 Å². The lowest BCUT2D eigenvalue weighted by Crippen LogP contribution is -2.45. The minimum absolute atomic E-state index is 0.0383. The number of nitrogens with zero attached hydrogens (tertiary/aromatic N) is 1. The number of fused-ring (bicyclic) bond motifs is 1. The van der Waals surface area contributed by atoms with Crippen molar-refractivity contribution in [3.8, 4) is 5.75 Å². The number of benzene rings is 1. The van der Waals surface area contributed by atoms with Gasteiger partial charge >= 0.3 is 0 Å². The van der Waals surface area contributed by atoms with Crippen molar-refractivity contribution in [1.29, 1.82) is 0 Å². The van der Waals surface area contributed by atoms with Gasteiger partial charge in [0.15, 0.2) is 6.61 Å². The van der Waals surface area contributed by atoms with E-state index < -0.39 is 0 Å². The van der Waals surface area contributed by atoms with Crippen LogP contribution in [0, 0.1) is 0 Å². The van der Waals surface area contributed by atoms with Crippen molar-refractivity contribution < 1.29 is 14.3 Å². The summed E-state index contributed by atoms with van der Waals surface area (Å²) in [5.41, 5.74) is 6.77. The highest BCUT2D eigenvalue weighted by Gasteiger charge is 2.28. The van der Waals surface area contributed by atoms with Crippen LogP contribution in [0.2, 0.25) is 0 Å². The number of nitrogen functional groups attached to an aromatic ring is 1. The molecule has 19 heavy (non-hydrogen) atoms. The number of nitrogens with one attached hydrogen (secondary N) is 1. The molecule has 3 N–H and O–H groups in total.